The second-order valence-electron chi connectivity index (χ2n) is 10.3. The van der Waals surface area contributed by atoms with E-state index < -0.39 is 12.1 Å². The van der Waals surface area contributed by atoms with Crippen LogP contribution in [0.25, 0.3) is 22.5 Å². The lowest BCUT2D eigenvalue weighted by molar-refractivity contribution is -0.148. The third-order valence-corrected chi connectivity index (χ3v) is 7.11. The van der Waals surface area contributed by atoms with Crippen LogP contribution < -0.4 is 4.74 Å². The van der Waals surface area contributed by atoms with Crippen LogP contribution in [0.5, 0.6) is 11.5 Å². The maximum absolute atomic E-state index is 13.1. The normalized spacial score (nSPS) is 11.6. The van der Waals surface area contributed by atoms with E-state index in [1.165, 1.54) is 25.7 Å². The lowest BCUT2D eigenvalue weighted by Gasteiger charge is -2.14. The van der Waals surface area contributed by atoms with Crippen LogP contribution >= 0.6 is 0 Å². The van der Waals surface area contributed by atoms with Crippen molar-refractivity contribution in [1.82, 2.24) is 9.97 Å². The second-order valence-corrected chi connectivity index (χ2v) is 10.3. The molecule has 0 aliphatic heterocycles. The first-order valence-electron chi connectivity index (χ1n) is 14.7. The summed E-state index contributed by atoms with van der Waals surface area (Å²) < 4.78 is 11.3. The smallest absolute Gasteiger partial charge is 0.344 e. The Balaban J connectivity index is 1.33. The molecule has 3 aromatic carbocycles. The van der Waals surface area contributed by atoms with Crippen molar-refractivity contribution in [3.63, 3.8) is 0 Å². The molecule has 0 radical (unpaired) electrons. The highest BCUT2D eigenvalue weighted by molar-refractivity contribution is 5.97. The van der Waals surface area contributed by atoms with Crippen molar-refractivity contribution in [2.45, 2.75) is 71.3 Å². The molecule has 1 unspecified atom stereocenters. The SMILES string of the molecule is CCCCCCCCCC(=O)OC(C)c1ccc(OC(=O)c2ccccc2-c2ncc(-c3ccccc3O)cn2)cc1. The van der Waals surface area contributed by atoms with Crippen molar-refractivity contribution >= 4 is 11.9 Å². The van der Waals surface area contributed by atoms with E-state index in [0.717, 1.165) is 24.8 Å². The number of aromatic nitrogens is 2. The Hall–Kier alpha value is -4.52. The van der Waals surface area contributed by atoms with Gasteiger partial charge in [-0.2, -0.15) is 0 Å². The summed E-state index contributed by atoms with van der Waals surface area (Å²) in [7, 11) is 0. The fraction of sp³-hybridized carbons (Fsp3) is 0.314. The number of carbonyl (C=O) groups excluding carboxylic acids is 2. The van der Waals surface area contributed by atoms with Gasteiger partial charge in [-0.3, -0.25) is 4.79 Å². The molecule has 218 valence electrons. The van der Waals surface area contributed by atoms with Gasteiger partial charge in [-0.1, -0.05) is 94.0 Å². The van der Waals surface area contributed by atoms with Gasteiger partial charge in [0.25, 0.3) is 0 Å². The summed E-state index contributed by atoms with van der Waals surface area (Å²) in [4.78, 5) is 34.3. The molecule has 42 heavy (non-hydrogen) atoms. The van der Waals surface area contributed by atoms with Gasteiger partial charge < -0.3 is 14.6 Å². The third kappa shape index (κ3) is 8.49. The number of nitrogens with zero attached hydrogens (tertiary/aromatic N) is 2. The molecule has 1 atom stereocenters. The van der Waals surface area contributed by atoms with E-state index >= 15 is 0 Å². The molecule has 0 amide bonds. The standard InChI is InChI=1S/C35H38N2O5/c1-3-4-5-6-7-8-9-18-33(39)41-25(2)26-19-21-28(22-20-26)42-35(40)31-16-11-10-15-30(31)34-36-23-27(24-37-34)29-14-12-13-17-32(29)38/h10-17,19-25,38H,3-9,18H2,1-2H3. The van der Waals surface area contributed by atoms with Gasteiger partial charge >= 0.3 is 11.9 Å². The average Bonchev–Trinajstić information content (AvgIpc) is 3.01. The van der Waals surface area contributed by atoms with Crippen LogP contribution in [0.4, 0.5) is 0 Å². The monoisotopic (exact) mass is 566 g/mol. The molecule has 1 heterocycles. The molecule has 0 saturated carbocycles. The van der Waals surface area contributed by atoms with E-state index in [9.17, 15) is 14.7 Å². The zero-order valence-corrected chi connectivity index (χ0v) is 24.3. The Labute approximate surface area is 247 Å². The lowest BCUT2D eigenvalue weighted by atomic mass is 10.1. The lowest BCUT2D eigenvalue weighted by Crippen LogP contribution is -2.11. The average molecular weight is 567 g/mol. The van der Waals surface area contributed by atoms with Crippen molar-refractivity contribution < 1.29 is 24.2 Å². The molecule has 0 saturated heterocycles. The molecule has 1 N–H and O–H groups in total. The van der Waals surface area contributed by atoms with Crippen LogP contribution in [-0.2, 0) is 9.53 Å². The fourth-order valence-electron chi connectivity index (χ4n) is 4.70. The molecule has 7 nitrogen and oxygen atoms in total. The molecule has 1 aromatic heterocycles. The third-order valence-electron chi connectivity index (χ3n) is 7.11. The first kappa shape index (κ1) is 30.4. The van der Waals surface area contributed by atoms with Gasteiger partial charge in [-0.15, -0.1) is 0 Å². The van der Waals surface area contributed by atoms with E-state index in [0.29, 0.717) is 40.2 Å². The highest BCUT2D eigenvalue weighted by Crippen LogP contribution is 2.29. The summed E-state index contributed by atoms with van der Waals surface area (Å²) in [5.74, 6) is 0.139. The molecule has 4 rings (SSSR count). The molecule has 0 aliphatic carbocycles. The minimum absolute atomic E-state index is 0.139. The Morgan fingerprint density at radius 3 is 2.10 bits per heavy atom. The second kappa shape index (κ2) is 15.5. The predicted octanol–water partition coefficient (Wildman–Crippen LogP) is 8.48. The van der Waals surface area contributed by atoms with E-state index in [2.05, 4.69) is 16.9 Å². The molecule has 7 heteroatoms. The number of esters is 2. The number of hydrogen-bond donors (Lipinski definition) is 1. The number of carbonyl (C=O) groups is 2. The van der Waals surface area contributed by atoms with E-state index in [4.69, 9.17) is 9.47 Å². The Morgan fingerprint density at radius 2 is 1.40 bits per heavy atom. The Bertz CT molecular complexity index is 1450. The summed E-state index contributed by atoms with van der Waals surface area (Å²) in [5.41, 5.74) is 2.96. The number of para-hydroxylation sites is 1. The van der Waals surface area contributed by atoms with Gasteiger partial charge in [-0.25, -0.2) is 14.8 Å². The topological polar surface area (TPSA) is 98.6 Å². The molecule has 0 bridgehead atoms. The number of phenolic OH excluding ortho intramolecular Hbond substituents is 1. The number of aromatic hydroxyl groups is 1. The highest BCUT2D eigenvalue weighted by atomic mass is 16.5. The van der Waals surface area contributed by atoms with Gasteiger partial charge in [0, 0.05) is 35.5 Å². The number of rotatable bonds is 14. The summed E-state index contributed by atoms with van der Waals surface area (Å²) in [6.07, 6.45) is 11.3. The summed E-state index contributed by atoms with van der Waals surface area (Å²) in [5, 5.41) is 10.1. The summed E-state index contributed by atoms with van der Waals surface area (Å²) >= 11 is 0. The Kier molecular flexibility index (Phi) is 11.2. The summed E-state index contributed by atoms with van der Waals surface area (Å²) in [6.45, 7) is 4.04. The number of ether oxygens (including phenoxy) is 2. The maximum atomic E-state index is 13.1. The van der Waals surface area contributed by atoms with Crippen LogP contribution in [0.3, 0.4) is 0 Å². The largest absolute Gasteiger partial charge is 0.507 e. The predicted molar refractivity (Wildman–Crippen MR) is 163 cm³/mol. The molecule has 0 fully saturated rings. The van der Waals surface area contributed by atoms with Gasteiger partial charge in [0.15, 0.2) is 5.82 Å². The number of hydrogen-bond acceptors (Lipinski definition) is 7. The van der Waals surface area contributed by atoms with Crippen LogP contribution in [0.15, 0.2) is 85.2 Å². The van der Waals surface area contributed by atoms with Gasteiger partial charge in [0.1, 0.15) is 17.6 Å². The maximum Gasteiger partial charge on any atom is 0.344 e. The zero-order chi connectivity index (χ0) is 29.7. The number of benzene rings is 3. The van der Waals surface area contributed by atoms with Crippen LogP contribution in [0, 0.1) is 0 Å². The van der Waals surface area contributed by atoms with E-state index in [1.807, 2.05) is 13.0 Å². The molecule has 0 aliphatic rings. The van der Waals surface area contributed by atoms with Crippen molar-refractivity contribution in [3.05, 3.63) is 96.3 Å². The van der Waals surface area contributed by atoms with Crippen LogP contribution in [0.2, 0.25) is 0 Å². The summed E-state index contributed by atoms with van der Waals surface area (Å²) in [6, 6.07) is 20.9. The highest BCUT2D eigenvalue weighted by Gasteiger charge is 2.18. The molecule has 4 aromatic rings. The van der Waals surface area contributed by atoms with E-state index in [-0.39, 0.29) is 11.7 Å². The minimum atomic E-state index is -0.541. The van der Waals surface area contributed by atoms with E-state index in [1.54, 1.807) is 79.1 Å². The number of phenols is 1. The van der Waals surface area contributed by atoms with Crippen LogP contribution in [-0.4, -0.2) is 27.0 Å². The van der Waals surface area contributed by atoms with Gasteiger partial charge in [0.05, 0.1) is 5.56 Å². The number of unbranched alkanes of at least 4 members (excludes halogenated alkanes) is 6. The van der Waals surface area contributed by atoms with Gasteiger partial charge in [0.2, 0.25) is 0 Å². The van der Waals surface area contributed by atoms with Crippen LogP contribution in [0.1, 0.15) is 87.2 Å². The molecular formula is C35H38N2O5. The first-order valence-corrected chi connectivity index (χ1v) is 14.7. The quantitative estimate of drug-likeness (QED) is 0.0928. The van der Waals surface area contributed by atoms with Crippen molar-refractivity contribution in [2.75, 3.05) is 0 Å². The van der Waals surface area contributed by atoms with Crippen molar-refractivity contribution in [1.29, 1.82) is 0 Å². The van der Waals surface area contributed by atoms with Crippen molar-refractivity contribution in [3.8, 4) is 34.0 Å². The molecule has 0 spiro atoms. The van der Waals surface area contributed by atoms with Gasteiger partial charge in [-0.05, 0) is 43.2 Å². The first-order chi connectivity index (χ1) is 20.5. The fourth-order valence-corrected chi connectivity index (χ4v) is 4.70. The molecular weight excluding hydrogens is 528 g/mol. The van der Waals surface area contributed by atoms with Crippen molar-refractivity contribution in [2.24, 2.45) is 0 Å². The minimum Gasteiger partial charge on any atom is -0.507 e. The zero-order valence-electron chi connectivity index (χ0n) is 24.3. The Morgan fingerprint density at radius 1 is 0.786 bits per heavy atom.